The first-order valence-corrected chi connectivity index (χ1v) is 7.09. The Bertz CT molecular complexity index is 321. The SMILES string of the molecule is CC1CC(N)CC(C(=O)N(C)CC(=O)NC(C)C)C1. The van der Waals surface area contributed by atoms with E-state index in [1.54, 1.807) is 7.05 Å². The van der Waals surface area contributed by atoms with Crippen LogP contribution in [0.25, 0.3) is 0 Å². The Kier molecular flexibility index (Phi) is 5.79. The topological polar surface area (TPSA) is 75.4 Å². The molecule has 19 heavy (non-hydrogen) atoms. The molecule has 5 nitrogen and oxygen atoms in total. The molecule has 1 rings (SSSR count). The lowest BCUT2D eigenvalue weighted by molar-refractivity contribution is -0.139. The third kappa shape index (κ3) is 5.19. The van der Waals surface area contributed by atoms with E-state index in [0.717, 1.165) is 19.3 Å². The molecule has 0 spiro atoms. The Balaban J connectivity index is 2.49. The minimum absolute atomic E-state index is 0.0319. The molecule has 0 aliphatic heterocycles. The van der Waals surface area contributed by atoms with Gasteiger partial charge in [0.1, 0.15) is 0 Å². The van der Waals surface area contributed by atoms with Crippen molar-refractivity contribution in [3.63, 3.8) is 0 Å². The number of amides is 2. The van der Waals surface area contributed by atoms with E-state index in [4.69, 9.17) is 5.73 Å². The standard InChI is InChI=1S/C14H27N3O2/c1-9(2)16-13(18)8-17(4)14(19)11-5-10(3)6-12(15)7-11/h9-12H,5-8,15H2,1-4H3,(H,16,18). The second-order valence-corrected chi connectivity index (χ2v) is 6.19. The molecule has 0 aromatic heterocycles. The summed E-state index contributed by atoms with van der Waals surface area (Å²) in [6.07, 6.45) is 2.60. The molecular formula is C14H27N3O2. The molecule has 1 saturated carbocycles. The maximum Gasteiger partial charge on any atom is 0.239 e. The summed E-state index contributed by atoms with van der Waals surface area (Å²) < 4.78 is 0. The number of hydrogen-bond acceptors (Lipinski definition) is 3. The van der Waals surface area contributed by atoms with E-state index in [1.165, 1.54) is 4.90 Å². The number of carbonyl (C=O) groups is 2. The molecule has 0 saturated heterocycles. The summed E-state index contributed by atoms with van der Waals surface area (Å²) in [6, 6.07) is 0.203. The van der Waals surface area contributed by atoms with Crippen LogP contribution in [-0.2, 0) is 9.59 Å². The molecule has 3 atom stereocenters. The third-order valence-corrected chi connectivity index (χ3v) is 3.54. The van der Waals surface area contributed by atoms with Crippen LogP contribution >= 0.6 is 0 Å². The first kappa shape index (κ1) is 16.0. The summed E-state index contributed by atoms with van der Waals surface area (Å²) in [5.74, 6) is 0.381. The molecule has 0 radical (unpaired) electrons. The van der Waals surface area contributed by atoms with E-state index in [0.29, 0.717) is 5.92 Å². The van der Waals surface area contributed by atoms with Gasteiger partial charge in [0, 0.05) is 25.0 Å². The van der Waals surface area contributed by atoms with Crippen molar-refractivity contribution in [2.24, 2.45) is 17.6 Å². The summed E-state index contributed by atoms with van der Waals surface area (Å²) >= 11 is 0. The predicted molar refractivity (Wildman–Crippen MR) is 75.4 cm³/mol. The Morgan fingerprint density at radius 1 is 1.32 bits per heavy atom. The Labute approximate surface area is 115 Å². The van der Waals surface area contributed by atoms with Crippen LogP contribution in [0, 0.1) is 11.8 Å². The lowest BCUT2D eigenvalue weighted by Gasteiger charge is -2.32. The zero-order chi connectivity index (χ0) is 14.6. The molecule has 1 fully saturated rings. The highest BCUT2D eigenvalue weighted by molar-refractivity contribution is 5.85. The van der Waals surface area contributed by atoms with Crippen molar-refractivity contribution in [1.29, 1.82) is 0 Å². The number of nitrogens with one attached hydrogen (secondary N) is 1. The minimum atomic E-state index is -0.112. The largest absolute Gasteiger partial charge is 0.352 e. The lowest BCUT2D eigenvalue weighted by Crippen LogP contribution is -2.45. The molecule has 3 unspecified atom stereocenters. The molecule has 5 heteroatoms. The van der Waals surface area contributed by atoms with Gasteiger partial charge in [-0.15, -0.1) is 0 Å². The highest BCUT2D eigenvalue weighted by Gasteiger charge is 2.31. The van der Waals surface area contributed by atoms with Crippen molar-refractivity contribution in [1.82, 2.24) is 10.2 Å². The van der Waals surface area contributed by atoms with Gasteiger partial charge in [-0.1, -0.05) is 6.92 Å². The van der Waals surface area contributed by atoms with Gasteiger partial charge >= 0.3 is 0 Å². The molecule has 0 heterocycles. The maximum absolute atomic E-state index is 12.3. The molecule has 0 aromatic carbocycles. The molecule has 1 aliphatic carbocycles. The predicted octanol–water partition coefficient (Wildman–Crippen LogP) is 0.733. The summed E-state index contributed by atoms with van der Waals surface area (Å²) in [5.41, 5.74) is 5.97. The van der Waals surface area contributed by atoms with E-state index in [1.807, 2.05) is 13.8 Å². The summed E-state index contributed by atoms with van der Waals surface area (Å²) in [4.78, 5) is 25.5. The number of nitrogens with two attached hydrogens (primary N) is 1. The fourth-order valence-corrected chi connectivity index (χ4v) is 2.83. The maximum atomic E-state index is 12.3. The summed E-state index contributed by atoms with van der Waals surface area (Å²) in [6.45, 7) is 6.06. The molecule has 0 bridgehead atoms. The summed E-state index contributed by atoms with van der Waals surface area (Å²) in [7, 11) is 1.69. The van der Waals surface area contributed by atoms with E-state index in [-0.39, 0.29) is 36.4 Å². The van der Waals surface area contributed by atoms with E-state index in [2.05, 4.69) is 12.2 Å². The van der Waals surface area contributed by atoms with Gasteiger partial charge in [0.2, 0.25) is 11.8 Å². The van der Waals surface area contributed by atoms with Crippen molar-refractivity contribution >= 4 is 11.8 Å². The van der Waals surface area contributed by atoms with Gasteiger partial charge in [0.25, 0.3) is 0 Å². The van der Waals surface area contributed by atoms with Crippen LogP contribution in [0.2, 0.25) is 0 Å². The smallest absolute Gasteiger partial charge is 0.239 e. The van der Waals surface area contributed by atoms with E-state index in [9.17, 15) is 9.59 Å². The van der Waals surface area contributed by atoms with Crippen molar-refractivity contribution in [2.75, 3.05) is 13.6 Å². The molecule has 1 aliphatic rings. The lowest BCUT2D eigenvalue weighted by atomic mass is 9.79. The second kappa shape index (κ2) is 6.89. The zero-order valence-corrected chi connectivity index (χ0v) is 12.5. The number of rotatable bonds is 4. The van der Waals surface area contributed by atoms with E-state index >= 15 is 0 Å². The molecule has 0 aromatic rings. The van der Waals surface area contributed by atoms with Crippen LogP contribution in [0.5, 0.6) is 0 Å². The first-order valence-electron chi connectivity index (χ1n) is 7.09. The third-order valence-electron chi connectivity index (χ3n) is 3.54. The van der Waals surface area contributed by atoms with Crippen LogP contribution in [0.3, 0.4) is 0 Å². The van der Waals surface area contributed by atoms with Gasteiger partial charge in [-0.05, 0) is 39.0 Å². The van der Waals surface area contributed by atoms with Crippen molar-refractivity contribution < 1.29 is 9.59 Å². The summed E-state index contributed by atoms with van der Waals surface area (Å²) in [5, 5.41) is 2.79. The Morgan fingerprint density at radius 3 is 2.47 bits per heavy atom. The normalized spacial score (nSPS) is 27.2. The van der Waals surface area contributed by atoms with Crippen LogP contribution in [0.4, 0.5) is 0 Å². The quantitative estimate of drug-likeness (QED) is 0.790. The number of likely N-dealkylation sites (N-methyl/N-ethyl adjacent to an activating group) is 1. The second-order valence-electron chi connectivity index (χ2n) is 6.19. The van der Waals surface area contributed by atoms with Gasteiger partial charge < -0.3 is 16.0 Å². The number of hydrogen-bond donors (Lipinski definition) is 2. The molecule has 2 amide bonds. The van der Waals surface area contributed by atoms with Gasteiger partial charge in [-0.3, -0.25) is 9.59 Å². The van der Waals surface area contributed by atoms with Crippen LogP contribution in [0.1, 0.15) is 40.0 Å². The van der Waals surface area contributed by atoms with Crippen LogP contribution < -0.4 is 11.1 Å². The zero-order valence-electron chi connectivity index (χ0n) is 12.5. The molecular weight excluding hydrogens is 242 g/mol. The number of carbonyl (C=O) groups excluding carboxylic acids is 2. The highest BCUT2D eigenvalue weighted by atomic mass is 16.2. The van der Waals surface area contributed by atoms with Crippen LogP contribution in [-0.4, -0.2) is 42.4 Å². The first-order chi connectivity index (χ1) is 8.79. The average Bonchev–Trinajstić information content (AvgIpc) is 2.25. The fraction of sp³-hybridized carbons (Fsp3) is 0.857. The van der Waals surface area contributed by atoms with Crippen LogP contribution in [0.15, 0.2) is 0 Å². The molecule has 3 N–H and O–H groups in total. The van der Waals surface area contributed by atoms with Gasteiger partial charge in [0.05, 0.1) is 6.54 Å². The molecule has 110 valence electrons. The van der Waals surface area contributed by atoms with Crippen molar-refractivity contribution in [3.8, 4) is 0 Å². The minimum Gasteiger partial charge on any atom is -0.352 e. The van der Waals surface area contributed by atoms with Gasteiger partial charge in [-0.25, -0.2) is 0 Å². The highest BCUT2D eigenvalue weighted by Crippen LogP contribution is 2.29. The monoisotopic (exact) mass is 269 g/mol. The Hall–Kier alpha value is -1.10. The average molecular weight is 269 g/mol. The van der Waals surface area contributed by atoms with Crippen molar-refractivity contribution in [2.45, 2.75) is 52.1 Å². The van der Waals surface area contributed by atoms with E-state index < -0.39 is 0 Å². The fourth-order valence-electron chi connectivity index (χ4n) is 2.83. The Morgan fingerprint density at radius 2 is 1.95 bits per heavy atom. The van der Waals surface area contributed by atoms with Gasteiger partial charge in [0.15, 0.2) is 0 Å². The number of nitrogens with zero attached hydrogens (tertiary/aromatic N) is 1. The van der Waals surface area contributed by atoms with Gasteiger partial charge in [-0.2, -0.15) is 0 Å². The van der Waals surface area contributed by atoms with Crippen molar-refractivity contribution in [3.05, 3.63) is 0 Å².